The Hall–Kier alpha value is -2.59. The Morgan fingerprint density at radius 3 is 2.33 bits per heavy atom. The fourth-order valence-corrected chi connectivity index (χ4v) is 5.28. The van der Waals surface area contributed by atoms with E-state index in [1.807, 2.05) is 0 Å². The van der Waals surface area contributed by atoms with Crippen molar-refractivity contribution in [2.75, 3.05) is 53.5 Å². The number of piperazine rings is 1. The minimum atomic E-state index is -3.79. The van der Waals surface area contributed by atoms with Gasteiger partial charge >= 0.3 is 0 Å². The molecular weight excluding hydrogens is 410 g/mol. The van der Waals surface area contributed by atoms with E-state index in [-0.39, 0.29) is 41.5 Å². The lowest BCUT2D eigenvalue weighted by Gasteiger charge is -2.40. The third-order valence-electron chi connectivity index (χ3n) is 5.49. The molecule has 0 aromatic heterocycles. The van der Waals surface area contributed by atoms with Crippen molar-refractivity contribution >= 4 is 21.8 Å². The SMILES string of the molecule is C=CC(=O)N1CC(CC(=O)N2CCN(S(=O)(=O)c3cc(OC)ccc3OC)CC2)C1. The van der Waals surface area contributed by atoms with Crippen LogP contribution in [0.2, 0.25) is 0 Å². The average Bonchev–Trinajstić information content (AvgIpc) is 2.74. The second kappa shape index (κ2) is 9.05. The summed E-state index contributed by atoms with van der Waals surface area (Å²) >= 11 is 0. The first-order chi connectivity index (χ1) is 14.3. The van der Waals surface area contributed by atoms with Crippen LogP contribution in [0.25, 0.3) is 0 Å². The van der Waals surface area contributed by atoms with Gasteiger partial charge in [-0.25, -0.2) is 8.42 Å². The largest absolute Gasteiger partial charge is 0.497 e. The number of hydrogen-bond donors (Lipinski definition) is 0. The topological polar surface area (TPSA) is 96.5 Å². The van der Waals surface area contributed by atoms with E-state index < -0.39 is 10.0 Å². The summed E-state index contributed by atoms with van der Waals surface area (Å²) < 4.78 is 38.0. The highest BCUT2D eigenvalue weighted by Crippen LogP contribution is 2.31. The Balaban J connectivity index is 1.58. The molecule has 0 spiro atoms. The standard InChI is InChI=1S/C20H27N3O6S/c1-4-19(24)22-13-15(14-22)11-20(25)21-7-9-23(10-8-21)30(26,27)18-12-16(28-2)5-6-17(18)29-3/h4-6,12,15H,1,7-11,13-14H2,2-3H3. The molecule has 0 unspecified atom stereocenters. The van der Waals surface area contributed by atoms with Gasteiger partial charge in [0, 0.05) is 57.7 Å². The summed E-state index contributed by atoms with van der Waals surface area (Å²) in [4.78, 5) is 27.4. The smallest absolute Gasteiger partial charge is 0.247 e. The first-order valence-electron chi connectivity index (χ1n) is 9.71. The van der Waals surface area contributed by atoms with E-state index in [1.54, 1.807) is 21.9 Å². The second-order valence-electron chi connectivity index (χ2n) is 7.32. The second-order valence-corrected chi connectivity index (χ2v) is 9.23. The molecule has 2 aliphatic rings. The summed E-state index contributed by atoms with van der Waals surface area (Å²) in [7, 11) is -0.898. The van der Waals surface area contributed by atoms with Gasteiger partial charge in [0.25, 0.3) is 0 Å². The van der Waals surface area contributed by atoms with Gasteiger partial charge in [-0.05, 0) is 18.2 Å². The first kappa shape index (κ1) is 22.1. The lowest BCUT2D eigenvalue weighted by Crippen LogP contribution is -2.53. The van der Waals surface area contributed by atoms with Crippen LogP contribution in [-0.2, 0) is 19.6 Å². The van der Waals surface area contributed by atoms with Gasteiger partial charge in [-0.15, -0.1) is 0 Å². The summed E-state index contributed by atoms with van der Waals surface area (Å²) in [5, 5.41) is 0. The van der Waals surface area contributed by atoms with Crippen molar-refractivity contribution in [3.05, 3.63) is 30.9 Å². The van der Waals surface area contributed by atoms with Gasteiger partial charge in [-0.2, -0.15) is 4.31 Å². The summed E-state index contributed by atoms with van der Waals surface area (Å²) in [5.41, 5.74) is 0. The van der Waals surface area contributed by atoms with Crippen LogP contribution in [0.3, 0.4) is 0 Å². The summed E-state index contributed by atoms with van der Waals surface area (Å²) in [6, 6.07) is 4.64. The highest BCUT2D eigenvalue weighted by atomic mass is 32.2. The van der Waals surface area contributed by atoms with Gasteiger partial charge < -0.3 is 19.3 Å². The van der Waals surface area contributed by atoms with E-state index in [1.165, 1.54) is 30.7 Å². The third kappa shape index (κ3) is 4.44. The van der Waals surface area contributed by atoms with Gasteiger partial charge in [0.05, 0.1) is 14.2 Å². The predicted octanol–water partition coefficient (Wildman–Crippen LogP) is 0.571. The lowest BCUT2D eigenvalue weighted by atomic mass is 9.95. The zero-order valence-corrected chi connectivity index (χ0v) is 18.1. The van der Waals surface area contributed by atoms with E-state index in [4.69, 9.17) is 9.47 Å². The minimum absolute atomic E-state index is 0.0123. The number of rotatable bonds is 7. The average molecular weight is 438 g/mol. The number of carbonyl (C=O) groups is 2. The quantitative estimate of drug-likeness (QED) is 0.579. The van der Waals surface area contributed by atoms with Crippen LogP contribution in [0.1, 0.15) is 6.42 Å². The molecule has 0 saturated carbocycles. The van der Waals surface area contributed by atoms with Crippen molar-refractivity contribution in [1.82, 2.24) is 14.1 Å². The molecule has 1 aromatic carbocycles. The molecular formula is C20H27N3O6S. The summed E-state index contributed by atoms with van der Waals surface area (Å²) in [6.07, 6.45) is 1.63. The minimum Gasteiger partial charge on any atom is -0.497 e. The molecule has 164 valence electrons. The van der Waals surface area contributed by atoms with Crippen LogP contribution in [0.4, 0.5) is 0 Å². The first-order valence-corrected chi connectivity index (χ1v) is 11.2. The molecule has 2 aliphatic heterocycles. The van der Waals surface area contributed by atoms with Gasteiger partial charge in [0.15, 0.2) is 0 Å². The van der Waals surface area contributed by atoms with E-state index in [0.717, 1.165) is 0 Å². The molecule has 2 fully saturated rings. The molecule has 0 radical (unpaired) electrons. The van der Waals surface area contributed by atoms with E-state index >= 15 is 0 Å². The van der Waals surface area contributed by atoms with Crippen molar-refractivity contribution in [3.8, 4) is 11.5 Å². The number of nitrogens with zero attached hydrogens (tertiary/aromatic N) is 3. The van der Waals surface area contributed by atoms with E-state index in [2.05, 4.69) is 6.58 Å². The Morgan fingerprint density at radius 2 is 1.77 bits per heavy atom. The van der Waals surface area contributed by atoms with Crippen LogP contribution in [0, 0.1) is 5.92 Å². The van der Waals surface area contributed by atoms with Crippen molar-refractivity contribution in [2.45, 2.75) is 11.3 Å². The number of sulfonamides is 1. The number of ether oxygens (including phenoxy) is 2. The van der Waals surface area contributed by atoms with E-state index in [9.17, 15) is 18.0 Å². The molecule has 2 saturated heterocycles. The normalized spacial score (nSPS) is 17.9. The fourth-order valence-electron chi connectivity index (χ4n) is 3.69. The number of benzene rings is 1. The molecule has 2 heterocycles. The molecule has 10 heteroatoms. The van der Waals surface area contributed by atoms with Crippen LogP contribution >= 0.6 is 0 Å². The highest BCUT2D eigenvalue weighted by Gasteiger charge is 2.35. The molecule has 9 nitrogen and oxygen atoms in total. The maximum Gasteiger partial charge on any atom is 0.247 e. The van der Waals surface area contributed by atoms with Gasteiger partial charge in [-0.1, -0.05) is 6.58 Å². The molecule has 0 N–H and O–H groups in total. The van der Waals surface area contributed by atoms with E-state index in [0.29, 0.717) is 38.3 Å². The number of methoxy groups -OCH3 is 2. The molecule has 0 aliphatic carbocycles. The van der Waals surface area contributed by atoms with Gasteiger partial charge in [0.2, 0.25) is 21.8 Å². The van der Waals surface area contributed by atoms with Crippen molar-refractivity contribution in [1.29, 1.82) is 0 Å². The number of carbonyl (C=O) groups excluding carboxylic acids is 2. The predicted molar refractivity (Wildman–Crippen MR) is 110 cm³/mol. The summed E-state index contributed by atoms with van der Waals surface area (Å²) in [5.74, 6) is 0.682. The Morgan fingerprint density at radius 1 is 1.10 bits per heavy atom. The molecule has 2 amide bonds. The number of amides is 2. The molecule has 1 aromatic rings. The molecule has 3 rings (SSSR count). The van der Waals surface area contributed by atoms with Crippen LogP contribution in [0.15, 0.2) is 35.7 Å². The zero-order valence-electron chi connectivity index (χ0n) is 17.2. The number of hydrogen-bond acceptors (Lipinski definition) is 6. The number of likely N-dealkylation sites (tertiary alicyclic amines) is 1. The van der Waals surface area contributed by atoms with Crippen LogP contribution < -0.4 is 9.47 Å². The Labute approximate surface area is 176 Å². The zero-order chi connectivity index (χ0) is 21.9. The Bertz CT molecular complexity index is 918. The van der Waals surface area contributed by atoms with Gasteiger partial charge in [-0.3, -0.25) is 9.59 Å². The molecule has 0 bridgehead atoms. The van der Waals surface area contributed by atoms with Crippen LogP contribution in [-0.4, -0.2) is 87.8 Å². The maximum absolute atomic E-state index is 13.1. The van der Waals surface area contributed by atoms with Crippen molar-refractivity contribution < 1.29 is 27.5 Å². The van der Waals surface area contributed by atoms with Crippen molar-refractivity contribution in [3.63, 3.8) is 0 Å². The maximum atomic E-state index is 13.1. The molecule has 0 atom stereocenters. The molecule has 30 heavy (non-hydrogen) atoms. The Kier molecular flexibility index (Phi) is 6.67. The third-order valence-corrected chi connectivity index (χ3v) is 7.41. The van der Waals surface area contributed by atoms with Gasteiger partial charge in [0.1, 0.15) is 16.4 Å². The summed E-state index contributed by atoms with van der Waals surface area (Å²) in [6.45, 7) is 5.64. The fraction of sp³-hybridized carbons (Fsp3) is 0.500. The highest BCUT2D eigenvalue weighted by molar-refractivity contribution is 7.89. The monoisotopic (exact) mass is 437 g/mol. The van der Waals surface area contributed by atoms with Crippen molar-refractivity contribution in [2.24, 2.45) is 5.92 Å². The lowest BCUT2D eigenvalue weighted by molar-refractivity contribution is -0.139. The van der Waals surface area contributed by atoms with Crippen LogP contribution in [0.5, 0.6) is 11.5 Å².